The summed E-state index contributed by atoms with van der Waals surface area (Å²) in [7, 11) is 0. The van der Waals surface area contributed by atoms with E-state index < -0.39 is 0 Å². The SMILES string of the molecule is CC(=O)n1ccc2cc(C(=O)N3CCCC(c4ccnc5ncnn45)C3)ccc21. The molecule has 1 unspecified atom stereocenters. The van der Waals surface area contributed by atoms with Gasteiger partial charge in [-0.05, 0) is 43.2 Å². The number of piperidine rings is 1. The minimum Gasteiger partial charge on any atom is -0.338 e. The number of amides is 1. The summed E-state index contributed by atoms with van der Waals surface area (Å²) in [6, 6.07) is 9.33. The molecule has 1 fully saturated rings. The van der Waals surface area contributed by atoms with Crippen LogP contribution in [0.25, 0.3) is 16.7 Å². The van der Waals surface area contributed by atoms with Crippen molar-refractivity contribution in [2.75, 3.05) is 13.1 Å². The Morgan fingerprint density at radius 3 is 2.90 bits per heavy atom. The summed E-state index contributed by atoms with van der Waals surface area (Å²) >= 11 is 0. The summed E-state index contributed by atoms with van der Waals surface area (Å²) in [5.41, 5.74) is 2.48. The van der Waals surface area contributed by atoms with Crippen LogP contribution in [0.5, 0.6) is 0 Å². The Morgan fingerprint density at radius 2 is 2.03 bits per heavy atom. The lowest BCUT2D eigenvalue weighted by Crippen LogP contribution is -2.39. The highest BCUT2D eigenvalue weighted by molar-refractivity contribution is 6.00. The monoisotopic (exact) mass is 388 g/mol. The summed E-state index contributed by atoms with van der Waals surface area (Å²) < 4.78 is 3.35. The number of nitrogens with zero attached hydrogens (tertiary/aromatic N) is 6. The molecule has 8 heteroatoms. The molecule has 0 radical (unpaired) electrons. The van der Waals surface area contributed by atoms with E-state index >= 15 is 0 Å². The molecule has 3 aromatic heterocycles. The van der Waals surface area contributed by atoms with Crippen LogP contribution in [0.3, 0.4) is 0 Å². The third-order valence-electron chi connectivity index (χ3n) is 5.61. The molecule has 8 nitrogen and oxygen atoms in total. The molecule has 1 saturated heterocycles. The second-order valence-corrected chi connectivity index (χ2v) is 7.41. The van der Waals surface area contributed by atoms with E-state index in [4.69, 9.17) is 0 Å². The van der Waals surface area contributed by atoms with Crippen molar-refractivity contribution in [3.8, 4) is 0 Å². The first kappa shape index (κ1) is 17.5. The summed E-state index contributed by atoms with van der Waals surface area (Å²) in [5.74, 6) is 0.722. The molecule has 0 bridgehead atoms. The minimum absolute atomic E-state index is 0.0102. The van der Waals surface area contributed by atoms with E-state index in [9.17, 15) is 9.59 Å². The van der Waals surface area contributed by atoms with E-state index in [0.29, 0.717) is 17.9 Å². The largest absolute Gasteiger partial charge is 0.338 e. The molecule has 4 heterocycles. The highest BCUT2D eigenvalue weighted by Gasteiger charge is 2.27. The highest BCUT2D eigenvalue weighted by Crippen LogP contribution is 2.28. The van der Waals surface area contributed by atoms with Crippen LogP contribution in [0.4, 0.5) is 0 Å². The standard InChI is InChI=1S/C21H20N6O2/c1-14(28)26-10-7-15-11-16(4-5-18(15)26)20(29)25-9-2-3-17(12-25)19-6-8-22-21-23-13-24-27(19)21/h4-8,10-11,13,17H,2-3,9,12H2,1H3. The third kappa shape index (κ3) is 2.97. The zero-order chi connectivity index (χ0) is 20.0. The molecule has 4 aromatic rings. The van der Waals surface area contributed by atoms with Crippen LogP contribution in [0.2, 0.25) is 0 Å². The summed E-state index contributed by atoms with van der Waals surface area (Å²) in [6.45, 7) is 2.88. The molecule has 1 aromatic carbocycles. The van der Waals surface area contributed by atoms with Crippen LogP contribution >= 0.6 is 0 Å². The average Bonchev–Trinajstić information content (AvgIpc) is 3.39. The van der Waals surface area contributed by atoms with E-state index in [1.165, 1.54) is 13.3 Å². The van der Waals surface area contributed by atoms with Crippen LogP contribution in [-0.2, 0) is 0 Å². The Kier molecular flexibility index (Phi) is 4.12. The van der Waals surface area contributed by atoms with Crippen molar-refractivity contribution in [3.63, 3.8) is 0 Å². The molecule has 0 spiro atoms. The van der Waals surface area contributed by atoms with Crippen molar-refractivity contribution >= 4 is 28.5 Å². The number of fused-ring (bicyclic) bond motifs is 2. The van der Waals surface area contributed by atoms with E-state index in [1.807, 2.05) is 29.2 Å². The second-order valence-electron chi connectivity index (χ2n) is 7.41. The lowest BCUT2D eigenvalue weighted by Gasteiger charge is -2.33. The first-order valence-electron chi connectivity index (χ1n) is 9.68. The van der Waals surface area contributed by atoms with Gasteiger partial charge in [0.1, 0.15) is 6.33 Å². The topological polar surface area (TPSA) is 85.4 Å². The molecule has 1 atom stereocenters. The molecule has 29 heavy (non-hydrogen) atoms. The zero-order valence-corrected chi connectivity index (χ0v) is 16.0. The van der Waals surface area contributed by atoms with Gasteiger partial charge >= 0.3 is 0 Å². The van der Waals surface area contributed by atoms with Gasteiger partial charge in [0.2, 0.25) is 5.91 Å². The predicted molar refractivity (Wildman–Crippen MR) is 107 cm³/mol. The number of likely N-dealkylation sites (tertiary alicyclic amines) is 1. The lowest BCUT2D eigenvalue weighted by atomic mass is 9.94. The van der Waals surface area contributed by atoms with Gasteiger partial charge < -0.3 is 4.90 Å². The number of aromatic nitrogens is 5. The number of hydrogen-bond donors (Lipinski definition) is 0. The van der Waals surface area contributed by atoms with Gasteiger partial charge in [-0.25, -0.2) is 9.50 Å². The lowest BCUT2D eigenvalue weighted by molar-refractivity contribution is 0.0705. The summed E-state index contributed by atoms with van der Waals surface area (Å²) in [4.78, 5) is 35.2. The Labute approximate surface area is 166 Å². The Hall–Kier alpha value is -3.55. The minimum atomic E-state index is -0.0466. The number of rotatable bonds is 2. The van der Waals surface area contributed by atoms with Crippen molar-refractivity contribution < 1.29 is 9.59 Å². The fourth-order valence-corrected chi connectivity index (χ4v) is 4.20. The smallest absolute Gasteiger partial charge is 0.253 e. The fraction of sp³-hybridized carbons (Fsp3) is 0.286. The number of carbonyl (C=O) groups is 2. The summed E-state index contributed by atoms with van der Waals surface area (Å²) in [6.07, 6.45) is 6.90. The van der Waals surface area contributed by atoms with Crippen molar-refractivity contribution in [2.24, 2.45) is 0 Å². The molecule has 1 amide bonds. The first-order chi connectivity index (χ1) is 14.1. The number of carbonyl (C=O) groups excluding carboxylic acids is 2. The normalized spacial score (nSPS) is 17.1. The first-order valence-corrected chi connectivity index (χ1v) is 9.68. The van der Waals surface area contributed by atoms with Crippen LogP contribution in [0.15, 0.2) is 49.1 Å². The van der Waals surface area contributed by atoms with E-state index in [1.54, 1.807) is 27.5 Å². The Morgan fingerprint density at radius 1 is 1.14 bits per heavy atom. The van der Waals surface area contributed by atoms with Gasteiger partial charge in [-0.1, -0.05) is 0 Å². The number of hydrogen-bond acceptors (Lipinski definition) is 5. The molecule has 0 aliphatic carbocycles. The van der Waals surface area contributed by atoms with Gasteiger partial charge in [0, 0.05) is 49.3 Å². The van der Waals surface area contributed by atoms with Gasteiger partial charge in [0.25, 0.3) is 11.7 Å². The van der Waals surface area contributed by atoms with Crippen molar-refractivity contribution in [3.05, 3.63) is 60.3 Å². The quantitative estimate of drug-likeness (QED) is 0.527. The molecule has 1 aliphatic rings. The molecular formula is C21H20N6O2. The zero-order valence-electron chi connectivity index (χ0n) is 16.0. The van der Waals surface area contributed by atoms with Crippen LogP contribution in [0, 0.1) is 0 Å². The van der Waals surface area contributed by atoms with E-state index in [0.717, 1.165) is 36.0 Å². The molecule has 0 N–H and O–H groups in total. The van der Waals surface area contributed by atoms with E-state index in [-0.39, 0.29) is 17.7 Å². The van der Waals surface area contributed by atoms with Gasteiger partial charge in [-0.2, -0.15) is 10.1 Å². The van der Waals surface area contributed by atoms with Gasteiger partial charge in [0.05, 0.1) is 11.2 Å². The third-order valence-corrected chi connectivity index (χ3v) is 5.61. The van der Waals surface area contributed by atoms with Gasteiger partial charge in [-0.15, -0.1) is 0 Å². The average molecular weight is 388 g/mol. The van der Waals surface area contributed by atoms with Crippen molar-refractivity contribution in [1.29, 1.82) is 0 Å². The van der Waals surface area contributed by atoms with Gasteiger partial charge in [0.15, 0.2) is 0 Å². The molecule has 146 valence electrons. The Bertz CT molecular complexity index is 1240. The molecule has 5 rings (SSSR count). The molecular weight excluding hydrogens is 368 g/mol. The maximum atomic E-state index is 13.2. The van der Waals surface area contributed by atoms with Crippen LogP contribution < -0.4 is 0 Å². The van der Waals surface area contributed by atoms with E-state index in [2.05, 4.69) is 15.1 Å². The molecule has 0 saturated carbocycles. The van der Waals surface area contributed by atoms with Crippen molar-refractivity contribution in [1.82, 2.24) is 29.0 Å². The number of benzene rings is 1. The Balaban J connectivity index is 1.42. The van der Waals surface area contributed by atoms with Gasteiger partial charge in [-0.3, -0.25) is 14.2 Å². The maximum absolute atomic E-state index is 13.2. The maximum Gasteiger partial charge on any atom is 0.253 e. The fourth-order valence-electron chi connectivity index (χ4n) is 4.20. The second kappa shape index (κ2) is 6.80. The van der Waals surface area contributed by atoms with Crippen molar-refractivity contribution in [2.45, 2.75) is 25.7 Å². The van der Waals surface area contributed by atoms with Crippen LogP contribution in [0.1, 0.15) is 46.5 Å². The highest BCUT2D eigenvalue weighted by atomic mass is 16.2. The molecule has 1 aliphatic heterocycles. The summed E-state index contributed by atoms with van der Waals surface area (Å²) in [5, 5.41) is 5.17. The van der Waals surface area contributed by atoms with Crippen LogP contribution in [-0.4, -0.2) is 54.0 Å². The predicted octanol–water partition coefficient (Wildman–Crippen LogP) is 2.76.